The molecule has 0 bridgehead atoms. The van der Waals surface area contributed by atoms with Gasteiger partial charge in [-0.05, 0) is 18.8 Å². The third kappa shape index (κ3) is 16.9. The van der Waals surface area contributed by atoms with E-state index in [1.54, 1.807) is 0 Å². The normalized spacial score (nSPS) is 14.6. The van der Waals surface area contributed by atoms with Crippen LogP contribution in [0.5, 0.6) is 0 Å². The van der Waals surface area contributed by atoms with Crippen LogP contribution in [0.25, 0.3) is 0 Å². The molecule has 0 rings (SSSR count). The Hall–Kier alpha value is 0.0100. The molecule has 5 heteroatoms. The van der Waals surface area contributed by atoms with Crippen molar-refractivity contribution in [2.24, 2.45) is 11.7 Å². The van der Waals surface area contributed by atoms with Crippen LogP contribution in [0.3, 0.4) is 0 Å². The second-order valence-electron chi connectivity index (χ2n) is 6.82. The lowest BCUT2D eigenvalue weighted by molar-refractivity contribution is 0.225. The van der Waals surface area contributed by atoms with E-state index >= 15 is 0 Å². The largest absolute Gasteiger partial charge is 0.328 e. The zero-order chi connectivity index (χ0) is 18.0. The maximum absolute atomic E-state index is 8.71. The Bertz CT molecular complexity index is 288. The van der Waals surface area contributed by atoms with Gasteiger partial charge < -0.3 is 20.0 Å². The average Bonchev–Trinajstić information content (AvgIpc) is 2.56. The zero-order valence-corrected chi connectivity index (χ0v) is 16.7. The number of rotatable bonds is 17. The lowest BCUT2D eigenvalue weighted by atomic mass is 10.0. The third-order valence-electron chi connectivity index (χ3n) is 4.47. The Morgan fingerprint density at radius 3 is 1.92 bits per heavy atom. The number of hydrogen-bond acceptors (Lipinski definition) is 4. The summed E-state index contributed by atoms with van der Waals surface area (Å²) < 4.78 is 4.76. The third-order valence-corrected chi connectivity index (χ3v) is 4.85. The van der Waals surface area contributed by atoms with Gasteiger partial charge in [0.1, 0.15) is 0 Å². The Labute approximate surface area is 150 Å². The SMILES string of the molecule is CCCCCCCCCCCCC/C=C/[C@@H](C)[C@@H](N)COP(O)O. The van der Waals surface area contributed by atoms with Crippen molar-refractivity contribution in [2.45, 2.75) is 96.9 Å². The second-order valence-corrected chi connectivity index (χ2v) is 7.59. The molecule has 0 aromatic heterocycles. The summed E-state index contributed by atoms with van der Waals surface area (Å²) in [6.07, 6.45) is 20.5. The van der Waals surface area contributed by atoms with Crippen molar-refractivity contribution in [2.75, 3.05) is 6.61 Å². The minimum absolute atomic E-state index is 0.183. The molecule has 0 spiro atoms. The summed E-state index contributed by atoms with van der Waals surface area (Å²) in [4.78, 5) is 17.4. The van der Waals surface area contributed by atoms with Crippen molar-refractivity contribution in [3.8, 4) is 0 Å². The minimum atomic E-state index is -2.29. The molecule has 2 atom stereocenters. The molecule has 0 saturated heterocycles. The van der Waals surface area contributed by atoms with E-state index in [2.05, 4.69) is 19.1 Å². The van der Waals surface area contributed by atoms with Crippen LogP contribution in [0.4, 0.5) is 0 Å². The molecular formula is C19H40NO3P. The highest BCUT2D eigenvalue weighted by atomic mass is 31.2. The van der Waals surface area contributed by atoms with E-state index in [0.29, 0.717) is 0 Å². The van der Waals surface area contributed by atoms with Crippen LogP contribution in [0.2, 0.25) is 0 Å². The summed E-state index contributed by atoms with van der Waals surface area (Å²) in [7, 11) is -2.29. The Balaban J connectivity index is 3.36. The highest BCUT2D eigenvalue weighted by Crippen LogP contribution is 2.24. The Morgan fingerprint density at radius 2 is 1.42 bits per heavy atom. The van der Waals surface area contributed by atoms with E-state index in [1.165, 1.54) is 70.6 Å². The fourth-order valence-electron chi connectivity index (χ4n) is 2.68. The smallest absolute Gasteiger partial charge is 0.327 e. The number of nitrogens with two attached hydrogens (primary N) is 1. The van der Waals surface area contributed by atoms with Gasteiger partial charge in [-0.3, -0.25) is 0 Å². The number of unbranched alkanes of at least 4 members (excludes halogenated alkanes) is 11. The first-order chi connectivity index (χ1) is 11.6. The maximum Gasteiger partial charge on any atom is 0.327 e. The number of hydrogen-bond donors (Lipinski definition) is 3. The van der Waals surface area contributed by atoms with Gasteiger partial charge in [0.15, 0.2) is 0 Å². The van der Waals surface area contributed by atoms with Crippen LogP contribution in [-0.4, -0.2) is 22.4 Å². The first-order valence-corrected chi connectivity index (χ1v) is 11.0. The van der Waals surface area contributed by atoms with Crippen molar-refractivity contribution in [3.05, 3.63) is 12.2 Å². The van der Waals surface area contributed by atoms with E-state index in [9.17, 15) is 0 Å². The van der Waals surface area contributed by atoms with Crippen LogP contribution in [0.1, 0.15) is 90.9 Å². The van der Waals surface area contributed by atoms with Crippen LogP contribution < -0.4 is 5.73 Å². The standard InChI is InChI=1S/C19H40NO3P/c1-3-4-5-6-7-8-9-10-11-12-13-14-15-16-18(2)19(20)17-23-24(21)22/h15-16,18-19,21-22H,3-14,17,20H2,1-2H3/b16-15+/t18-,19+/m1/s1. The van der Waals surface area contributed by atoms with Crippen LogP contribution in [0.15, 0.2) is 12.2 Å². The van der Waals surface area contributed by atoms with Gasteiger partial charge in [-0.1, -0.05) is 90.2 Å². The molecule has 0 radical (unpaired) electrons. The number of allylic oxidation sites excluding steroid dienone is 1. The topological polar surface area (TPSA) is 75.7 Å². The lowest BCUT2D eigenvalue weighted by Gasteiger charge is -2.16. The van der Waals surface area contributed by atoms with Gasteiger partial charge in [0.2, 0.25) is 0 Å². The summed E-state index contributed by atoms with van der Waals surface area (Å²) in [5, 5.41) is 0. The van der Waals surface area contributed by atoms with Gasteiger partial charge in [0.05, 0.1) is 6.61 Å². The van der Waals surface area contributed by atoms with Crippen LogP contribution in [0, 0.1) is 5.92 Å². The Morgan fingerprint density at radius 1 is 0.917 bits per heavy atom. The summed E-state index contributed by atoms with van der Waals surface area (Å²) in [5.74, 6) is 0.188. The molecule has 24 heavy (non-hydrogen) atoms. The molecule has 0 unspecified atom stereocenters. The highest BCUT2D eigenvalue weighted by molar-refractivity contribution is 7.39. The molecule has 0 aliphatic heterocycles. The zero-order valence-electron chi connectivity index (χ0n) is 15.8. The van der Waals surface area contributed by atoms with Gasteiger partial charge in [-0.2, -0.15) is 0 Å². The molecule has 0 aliphatic rings. The minimum Gasteiger partial charge on any atom is -0.328 e. The molecule has 0 aliphatic carbocycles. The Kier molecular flexibility index (Phi) is 17.8. The maximum atomic E-state index is 8.71. The molecule has 0 saturated carbocycles. The van der Waals surface area contributed by atoms with Crippen LogP contribution in [-0.2, 0) is 4.52 Å². The van der Waals surface area contributed by atoms with Crippen molar-refractivity contribution in [1.29, 1.82) is 0 Å². The predicted molar refractivity (Wildman–Crippen MR) is 105 cm³/mol. The van der Waals surface area contributed by atoms with Gasteiger partial charge in [-0.25, -0.2) is 0 Å². The molecule has 0 fully saturated rings. The van der Waals surface area contributed by atoms with E-state index in [4.69, 9.17) is 20.0 Å². The van der Waals surface area contributed by atoms with Crippen LogP contribution >= 0.6 is 8.60 Å². The highest BCUT2D eigenvalue weighted by Gasteiger charge is 2.11. The summed E-state index contributed by atoms with van der Waals surface area (Å²) in [5.41, 5.74) is 5.92. The quantitative estimate of drug-likeness (QED) is 0.183. The van der Waals surface area contributed by atoms with Gasteiger partial charge in [0.25, 0.3) is 0 Å². The second kappa shape index (κ2) is 17.8. The molecule has 4 nitrogen and oxygen atoms in total. The molecule has 0 heterocycles. The van der Waals surface area contributed by atoms with E-state index in [0.717, 1.165) is 6.42 Å². The first kappa shape index (κ1) is 24.0. The van der Waals surface area contributed by atoms with Crippen molar-refractivity contribution < 1.29 is 14.3 Å². The summed E-state index contributed by atoms with van der Waals surface area (Å²) in [6.45, 7) is 4.48. The molecule has 0 aromatic carbocycles. The molecule has 0 aromatic rings. The van der Waals surface area contributed by atoms with Gasteiger partial charge in [-0.15, -0.1) is 0 Å². The first-order valence-electron chi connectivity index (χ1n) is 9.81. The van der Waals surface area contributed by atoms with Gasteiger partial charge in [0, 0.05) is 6.04 Å². The summed E-state index contributed by atoms with van der Waals surface area (Å²) in [6, 6.07) is -0.192. The molecule has 144 valence electrons. The van der Waals surface area contributed by atoms with Crippen molar-refractivity contribution in [1.82, 2.24) is 0 Å². The average molecular weight is 362 g/mol. The van der Waals surface area contributed by atoms with Gasteiger partial charge >= 0.3 is 8.60 Å². The molecule has 0 amide bonds. The lowest BCUT2D eigenvalue weighted by Crippen LogP contribution is -2.31. The van der Waals surface area contributed by atoms with E-state index < -0.39 is 8.60 Å². The fourth-order valence-corrected chi connectivity index (χ4v) is 2.99. The predicted octanol–water partition coefficient (Wildman–Crippen LogP) is 5.44. The van der Waals surface area contributed by atoms with E-state index in [1.807, 2.05) is 6.92 Å². The molecular weight excluding hydrogens is 321 g/mol. The fraction of sp³-hybridized carbons (Fsp3) is 0.895. The monoisotopic (exact) mass is 361 g/mol. The van der Waals surface area contributed by atoms with Crippen molar-refractivity contribution >= 4 is 8.60 Å². The summed E-state index contributed by atoms with van der Waals surface area (Å²) >= 11 is 0. The molecule has 4 N–H and O–H groups in total. The van der Waals surface area contributed by atoms with Crippen molar-refractivity contribution in [3.63, 3.8) is 0 Å². The van der Waals surface area contributed by atoms with E-state index in [-0.39, 0.29) is 18.6 Å².